The van der Waals surface area contributed by atoms with Gasteiger partial charge in [0.25, 0.3) is 5.91 Å². The molecule has 1 atom stereocenters. The van der Waals surface area contributed by atoms with Crippen LogP contribution in [0, 0.1) is 6.92 Å². The number of aromatic nitrogens is 6. The van der Waals surface area contributed by atoms with Gasteiger partial charge in [-0.3, -0.25) is 9.59 Å². The van der Waals surface area contributed by atoms with Crippen molar-refractivity contribution in [2.24, 2.45) is 0 Å². The van der Waals surface area contributed by atoms with Crippen molar-refractivity contribution in [2.45, 2.75) is 25.8 Å². The normalized spacial score (nSPS) is 16.1. The van der Waals surface area contributed by atoms with E-state index in [4.69, 9.17) is 4.74 Å². The van der Waals surface area contributed by atoms with E-state index in [1.807, 2.05) is 30.3 Å². The van der Waals surface area contributed by atoms with E-state index in [1.165, 1.54) is 13.4 Å². The lowest BCUT2D eigenvalue weighted by molar-refractivity contribution is -0.145. The van der Waals surface area contributed by atoms with E-state index < -0.39 is 17.6 Å². The van der Waals surface area contributed by atoms with Crippen molar-refractivity contribution < 1.29 is 14.3 Å². The van der Waals surface area contributed by atoms with Gasteiger partial charge in [-0.05, 0) is 13.3 Å². The Morgan fingerprint density at radius 3 is 2.70 bits per heavy atom. The molecule has 0 spiro atoms. The third-order valence-electron chi connectivity index (χ3n) is 6.81. The molecule has 0 saturated carbocycles. The number of hydrogen-bond donors (Lipinski definition) is 1. The maximum absolute atomic E-state index is 13.6. The van der Waals surface area contributed by atoms with Crippen LogP contribution < -0.4 is 10.1 Å². The highest BCUT2D eigenvalue weighted by molar-refractivity contribution is 6.38. The van der Waals surface area contributed by atoms with Gasteiger partial charge in [0.2, 0.25) is 5.78 Å². The standard InChI is InChI=1S/C26H24N8O3/c1-15-31-14-34(32-15)25-23-21(20(37-2)11-28-25)18(10-27-23)24(35)26(36)33-9-8-17-19(12-33)29-13-30-22(17)16-6-4-3-5-7-16/h3-7,11,13-14,18,27H,8-10,12H2,1-2H3. The number of fused-ring (bicyclic) bond motifs is 2. The Kier molecular flexibility index (Phi) is 5.59. The second kappa shape index (κ2) is 9.08. The summed E-state index contributed by atoms with van der Waals surface area (Å²) in [6.45, 7) is 2.71. The van der Waals surface area contributed by atoms with E-state index in [1.54, 1.807) is 29.0 Å². The molecule has 1 aromatic carbocycles. The second-order valence-corrected chi connectivity index (χ2v) is 8.96. The SMILES string of the molecule is COc1cnc(-n2cnc(C)n2)c2c1C(C(=O)C(=O)N1CCc3c(ncnc3-c3ccccc3)C1)CN2. The van der Waals surface area contributed by atoms with Crippen LogP contribution in [-0.2, 0) is 22.6 Å². The van der Waals surface area contributed by atoms with Crippen molar-refractivity contribution in [3.05, 3.63) is 71.8 Å². The number of carbonyl (C=O) groups excluding carboxylic acids is 2. The Morgan fingerprint density at radius 2 is 1.95 bits per heavy atom. The summed E-state index contributed by atoms with van der Waals surface area (Å²) in [6, 6.07) is 9.90. The quantitative estimate of drug-likeness (QED) is 0.413. The predicted octanol–water partition coefficient (Wildman–Crippen LogP) is 2.10. The van der Waals surface area contributed by atoms with Crippen LogP contribution in [0.15, 0.2) is 49.2 Å². The van der Waals surface area contributed by atoms with Gasteiger partial charge in [-0.2, -0.15) is 5.10 Å². The first-order valence-electron chi connectivity index (χ1n) is 12.0. The lowest BCUT2D eigenvalue weighted by atomic mass is 9.94. The Labute approximate surface area is 212 Å². The number of aryl methyl sites for hydroxylation is 1. The molecule has 6 rings (SSSR count). The van der Waals surface area contributed by atoms with E-state index in [0.29, 0.717) is 41.6 Å². The molecule has 11 heteroatoms. The Morgan fingerprint density at radius 1 is 1.11 bits per heavy atom. The number of hydrogen-bond acceptors (Lipinski definition) is 9. The molecule has 1 N–H and O–H groups in total. The minimum atomic E-state index is -0.713. The van der Waals surface area contributed by atoms with Gasteiger partial charge in [0.1, 0.15) is 24.2 Å². The number of pyridine rings is 1. The summed E-state index contributed by atoms with van der Waals surface area (Å²) in [4.78, 5) is 46.1. The number of nitrogens with one attached hydrogen (secondary N) is 1. The molecule has 37 heavy (non-hydrogen) atoms. The first kappa shape index (κ1) is 22.8. The smallest absolute Gasteiger partial charge is 0.291 e. The second-order valence-electron chi connectivity index (χ2n) is 8.96. The molecule has 0 radical (unpaired) electrons. The molecule has 2 aliphatic rings. The molecule has 1 unspecified atom stereocenters. The van der Waals surface area contributed by atoms with E-state index >= 15 is 0 Å². The van der Waals surface area contributed by atoms with Gasteiger partial charge in [0.05, 0.1) is 42.8 Å². The van der Waals surface area contributed by atoms with Crippen LogP contribution in [0.2, 0.25) is 0 Å². The maximum atomic E-state index is 13.6. The molecular formula is C26H24N8O3. The summed E-state index contributed by atoms with van der Waals surface area (Å²) >= 11 is 0. The Balaban J connectivity index is 1.27. The van der Waals surface area contributed by atoms with Crippen LogP contribution in [-0.4, -0.2) is 66.5 Å². The Hall–Kier alpha value is -4.67. The van der Waals surface area contributed by atoms with Gasteiger partial charge in [-0.15, -0.1) is 0 Å². The zero-order valence-corrected chi connectivity index (χ0v) is 20.4. The third-order valence-corrected chi connectivity index (χ3v) is 6.81. The fraction of sp³-hybridized carbons (Fsp3) is 0.269. The van der Waals surface area contributed by atoms with Crippen LogP contribution in [0.1, 0.15) is 28.6 Å². The number of amides is 1. The number of methoxy groups -OCH3 is 1. The fourth-order valence-electron chi connectivity index (χ4n) is 5.01. The molecule has 5 heterocycles. The zero-order valence-electron chi connectivity index (χ0n) is 20.4. The molecule has 0 bridgehead atoms. The van der Waals surface area contributed by atoms with Crippen LogP contribution >= 0.6 is 0 Å². The summed E-state index contributed by atoms with van der Waals surface area (Å²) < 4.78 is 7.06. The Bertz CT molecular complexity index is 1520. The first-order valence-corrected chi connectivity index (χ1v) is 12.0. The van der Waals surface area contributed by atoms with Gasteiger partial charge < -0.3 is 15.0 Å². The summed E-state index contributed by atoms with van der Waals surface area (Å²) in [7, 11) is 1.52. The fourth-order valence-corrected chi connectivity index (χ4v) is 5.01. The molecule has 11 nitrogen and oxygen atoms in total. The first-order chi connectivity index (χ1) is 18.0. The summed E-state index contributed by atoms with van der Waals surface area (Å²) in [6.07, 6.45) is 5.19. The van der Waals surface area contributed by atoms with Crippen molar-refractivity contribution in [1.82, 2.24) is 34.6 Å². The molecule has 3 aromatic heterocycles. The maximum Gasteiger partial charge on any atom is 0.291 e. The number of carbonyl (C=O) groups is 2. The molecule has 0 aliphatic carbocycles. The van der Waals surface area contributed by atoms with Crippen LogP contribution in [0.4, 0.5) is 5.69 Å². The van der Waals surface area contributed by atoms with Crippen LogP contribution in [0.3, 0.4) is 0 Å². The van der Waals surface area contributed by atoms with Gasteiger partial charge in [-0.25, -0.2) is 24.6 Å². The highest BCUT2D eigenvalue weighted by Gasteiger charge is 2.40. The topological polar surface area (TPSA) is 128 Å². The van der Waals surface area contributed by atoms with Gasteiger partial charge in [0.15, 0.2) is 5.82 Å². The number of benzene rings is 1. The van der Waals surface area contributed by atoms with Crippen molar-refractivity contribution >= 4 is 17.4 Å². The van der Waals surface area contributed by atoms with Crippen LogP contribution in [0.25, 0.3) is 17.1 Å². The van der Waals surface area contributed by atoms with Crippen molar-refractivity contribution in [1.29, 1.82) is 0 Å². The number of rotatable bonds is 5. The van der Waals surface area contributed by atoms with Crippen molar-refractivity contribution in [2.75, 3.05) is 25.5 Å². The average molecular weight is 497 g/mol. The minimum absolute atomic E-state index is 0.256. The number of ether oxygens (including phenoxy) is 1. The number of ketones is 1. The van der Waals surface area contributed by atoms with E-state index in [0.717, 1.165) is 22.5 Å². The van der Waals surface area contributed by atoms with E-state index in [-0.39, 0.29) is 13.1 Å². The van der Waals surface area contributed by atoms with E-state index in [9.17, 15) is 9.59 Å². The monoisotopic (exact) mass is 496 g/mol. The van der Waals surface area contributed by atoms with E-state index in [2.05, 4.69) is 30.4 Å². The molecule has 0 fully saturated rings. The summed E-state index contributed by atoms with van der Waals surface area (Å²) in [5.41, 5.74) is 4.86. The lowest BCUT2D eigenvalue weighted by Gasteiger charge is -2.29. The average Bonchev–Trinajstić information content (AvgIpc) is 3.58. The minimum Gasteiger partial charge on any atom is -0.495 e. The summed E-state index contributed by atoms with van der Waals surface area (Å²) in [5, 5.41) is 7.57. The lowest BCUT2D eigenvalue weighted by Crippen LogP contribution is -2.42. The van der Waals surface area contributed by atoms with Crippen LogP contribution in [0.5, 0.6) is 5.75 Å². The highest BCUT2D eigenvalue weighted by atomic mass is 16.5. The zero-order chi connectivity index (χ0) is 25.5. The molecule has 186 valence electrons. The van der Waals surface area contributed by atoms with Gasteiger partial charge in [-0.1, -0.05) is 30.3 Å². The molecule has 0 saturated heterocycles. The molecule has 1 amide bonds. The van der Waals surface area contributed by atoms with Crippen molar-refractivity contribution in [3.63, 3.8) is 0 Å². The number of Topliss-reactive ketones (excluding diaryl/α,β-unsaturated/α-hetero) is 1. The molecule has 4 aromatic rings. The number of nitrogens with zero attached hydrogens (tertiary/aromatic N) is 7. The molecular weight excluding hydrogens is 472 g/mol. The van der Waals surface area contributed by atoms with Gasteiger partial charge in [0, 0.05) is 29.8 Å². The number of anilines is 1. The predicted molar refractivity (Wildman–Crippen MR) is 133 cm³/mol. The largest absolute Gasteiger partial charge is 0.495 e. The third kappa shape index (κ3) is 3.88. The van der Waals surface area contributed by atoms with Gasteiger partial charge >= 0.3 is 0 Å². The molecule has 2 aliphatic heterocycles. The summed E-state index contributed by atoms with van der Waals surface area (Å²) in [5.74, 6) is -0.223. The highest BCUT2D eigenvalue weighted by Crippen LogP contribution is 2.42. The van der Waals surface area contributed by atoms with Crippen molar-refractivity contribution in [3.8, 4) is 22.8 Å².